The Morgan fingerprint density at radius 2 is 1.88 bits per heavy atom. The van der Waals surface area contributed by atoms with Crippen molar-refractivity contribution in [2.45, 2.75) is 31.8 Å². The second-order valence-corrected chi connectivity index (χ2v) is 7.54. The average molecular weight is 348 g/mol. The number of benzene rings is 2. The van der Waals surface area contributed by atoms with Crippen LogP contribution in [0.1, 0.15) is 22.6 Å². The van der Waals surface area contributed by atoms with Crippen molar-refractivity contribution < 1.29 is 5.11 Å². The van der Waals surface area contributed by atoms with Gasteiger partial charge >= 0.3 is 0 Å². The molecule has 2 N–H and O–H groups in total. The number of fused-ring (bicyclic) bond motifs is 1. The SMILES string of the molecule is Cc1cccc(-c2ccc([C@H]3C4CNC/C=C\CN4[C@@H]3CO)cc2)c1C. The predicted molar refractivity (Wildman–Crippen MR) is 107 cm³/mol. The molecule has 1 fully saturated rings. The molecule has 3 heteroatoms. The fraction of sp³-hybridized carbons (Fsp3) is 0.391. The zero-order chi connectivity index (χ0) is 18.1. The molecule has 2 aromatic rings. The van der Waals surface area contributed by atoms with E-state index in [0.717, 1.165) is 19.6 Å². The first-order valence-electron chi connectivity index (χ1n) is 9.59. The molecule has 0 amide bonds. The first-order chi connectivity index (χ1) is 12.7. The van der Waals surface area contributed by atoms with E-state index in [2.05, 4.69) is 78.7 Å². The molecule has 1 saturated heterocycles. The van der Waals surface area contributed by atoms with E-state index >= 15 is 0 Å². The van der Waals surface area contributed by atoms with Gasteiger partial charge < -0.3 is 10.4 Å². The lowest BCUT2D eigenvalue weighted by Gasteiger charge is -2.55. The zero-order valence-electron chi connectivity index (χ0n) is 15.7. The quantitative estimate of drug-likeness (QED) is 0.836. The topological polar surface area (TPSA) is 35.5 Å². The average Bonchev–Trinajstić information content (AvgIpc) is 2.63. The number of nitrogens with one attached hydrogen (secondary N) is 1. The summed E-state index contributed by atoms with van der Waals surface area (Å²) in [6, 6.07) is 16.2. The molecule has 1 unspecified atom stereocenters. The first-order valence-corrected chi connectivity index (χ1v) is 9.59. The third kappa shape index (κ3) is 3.01. The summed E-state index contributed by atoms with van der Waals surface area (Å²) in [7, 11) is 0. The lowest BCUT2D eigenvalue weighted by atomic mass is 9.74. The molecule has 0 spiro atoms. The molecular formula is C23H28N2O. The number of aliphatic hydroxyl groups is 1. The van der Waals surface area contributed by atoms with Crippen LogP contribution in [0.3, 0.4) is 0 Å². The van der Waals surface area contributed by atoms with Gasteiger partial charge in [-0.3, -0.25) is 4.90 Å². The van der Waals surface area contributed by atoms with Gasteiger partial charge in [-0.2, -0.15) is 0 Å². The standard InChI is InChI=1S/C23H28N2O/c1-16-6-5-7-20(17(16)2)18-8-10-19(11-9-18)23-21-14-24-12-3-4-13-25(21)22(23)15-26/h3-11,21-24,26H,12-15H2,1-2H3/b4-3-/t21?,22-,23+/m1/s1. The molecule has 2 aliphatic heterocycles. The largest absolute Gasteiger partial charge is 0.395 e. The number of rotatable bonds is 3. The molecule has 3 nitrogen and oxygen atoms in total. The fourth-order valence-corrected chi connectivity index (χ4v) is 4.53. The van der Waals surface area contributed by atoms with Gasteiger partial charge in [0.15, 0.2) is 0 Å². The van der Waals surface area contributed by atoms with Crippen LogP contribution in [0, 0.1) is 13.8 Å². The van der Waals surface area contributed by atoms with E-state index in [9.17, 15) is 5.11 Å². The van der Waals surface area contributed by atoms with Gasteiger partial charge in [0.25, 0.3) is 0 Å². The molecule has 0 radical (unpaired) electrons. The van der Waals surface area contributed by atoms with Crippen LogP contribution in [0.25, 0.3) is 11.1 Å². The highest BCUT2D eigenvalue weighted by atomic mass is 16.3. The summed E-state index contributed by atoms with van der Waals surface area (Å²) in [6.07, 6.45) is 4.39. The maximum atomic E-state index is 9.93. The van der Waals surface area contributed by atoms with Gasteiger partial charge in [-0.05, 0) is 41.7 Å². The van der Waals surface area contributed by atoms with Crippen molar-refractivity contribution >= 4 is 0 Å². The van der Waals surface area contributed by atoms with Gasteiger partial charge in [-0.25, -0.2) is 0 Å². The van der Waals surface area contributed by atoms with Crippen LogP contribution < -0.4 is 5.32 Å². The lowest BCUT2D eigenvalue weighted by molar-refractivity contribution is -0.0339. The molecular weight excluding hydrogens is 320 g/mol. The molecule has 2 heterocycles. The van der Waals surface area contributed by atoms with Crippen LogP contribution >= 0.6 is 0 Å². The van der Waals surface area contributed by atoms with Crippen molar-refractivity contribution in [3.8, 4) is 11.1 Å². The van der Waals surface area contributed by atoms with Crippen molar-refractivity contribution in [3.05, 3.63) is 71.3 Å². The van der Waals surface area contributed by atoms with E-state index in [1.165, 1.54) is 27.8 Å². The molecule has 26 heavy (non-hydrogen) atoms. The van der Waals surface area contributed by atoms with Crippen LogP contribution in [-0.2, 0) is 0 Å². The molecule has 0 aromatic heterocycles. The minimum atomic E-state index is 0.216. The van der Waals surface area contributed by atoms with Crippen molar-refractivity contribution in [1.29, 1.82) is 0 Å². The number of hydrogen-bond donors (Lipinski definition) is 2. The summed E-state index contributed by atoms with van der Waals surface area (Å²) in [5.74, 6) is 0.395. The van der Waals surface area contributed by atoms with E-state index in [1.54, 1.807) is 0 Å². The maximum absolute atomic E-state index is 9.93. The zero-order valence-corrected chi connectivity index (χ0v) is 15.7. The highest BCUT2D eigenvalue weighted by Crippen LogP contribution is 2.41. The number of aliphatic hydroxyl groups excluding tert-OH is 1. The summed E-state index contributed by atoms with van der Waals surface area (Å²) in [5.41, 5.74) is 6.59. The van der Waals surface area contributed by atoms with Crippen LogP contribution in [0.2, 0.25) is 0 Å². The Kier molecular flexibility index (Phi) is 4.94. The predicted octanol–water partition coefficient (Wildman–Crippen LogP) is 3.26. The summed E-state index contributed by atoms with van der Waals surface area (Å²) in [4.78, 5) is 2.42. The second kappa shape index (κ2) is 7.36. The van der Waals surface area contributed by atoms with Crippen molar-refractivity contribution in [2.75, 3.05) is 26.2 Å². The molecule has 2 aromatic carbocycles. The summed E-state index contributed by atoms with van der Waals surface area (Å²) < 4.78 is 0. The van der Waals surface area contributed by atoms with Gasteiger partial charge in [0.05, 0.1) is 6.61 Å². The van der Waals surface area contributed by atoms with Crippen LogP contribution in [-0.4, -0.2) is 48.3 Å². The van der Waals surface area contributed by atoms with Gasteiger partial charge in [-0.1, -0.05) is 54.6 Å². The van der Waals surface area contributed by atoms with Gasteiger partial charge in [0.1, 0.15) is 0 Å². The minimum Gasteiger partial charge on any atom is -0.395 e. The third-order valence-corrected chi connectivity index (χ3v) is 6.18. The highest BCUT2D eigenvalue weighted by Gasteiger charge is 2.47. The Balaban J connectivity index is 1.60. The van der Waals surface area contributed by atoms with E-state index in [-0.39, 0.29) is 12.6 Å². The maximum Gasteiger partial charge on any atom is 0.0593 e. The number of hydrogen-bond acceptors (Lipinski definition) is 3. The number of nitrogens with zero attached hydrogens (tertiary/aromatic N) is 1. The van der Waals surface area contributed by atoms with E-state index in [0.29, 0.717) is 12.0 Å². The van der Waals surface area contributed by atoms with Crippen molar-refractivity contribution in [2.24, 2.45) is 0 Å². The smallest absolute Gasteiger partial charge is 0.0593 e. The van der Waals surface area contributed by atoms with E-state index in [1.807, 2.05) is 0 Å². The normalized spacial score (nSPS) is 27.1. The highest BCUT2D eigenvalue weighted by molar-refractivity contribution is 5.68. The molecule has 2 aliphatic rings. The Bertz CT molecular complexity index is 796. The number of aryl methyl sites for hydroxylation is 1. The van der Waals surface area contributed by atoms with E-state index in [4.69, 9.17) is 0 Å². The van der Waals surface area contributed by atoms with Gasteiger partial charge in [-0.15, -0.1) is 0 Å². The Labute approximate surface area is 156 Å². The van der Waals surface area contributed by atoms with Crippen molar-refractivity contribution in [1.82, 2.24) is 10.2 Å². The summed E-state index contributed by atoms with van der Waals surface area (Å²) in [6.45, 7) is 7.43. The molecule has 0 saturated carbocycles. The van der Waals surface area contributed by atoms with E-state index < -0.39 is 0 Å². The Morgan fingerprint density at radius 1 is 1.08 bits per heavy atom. The van der Waals surface area contributed by atoms with Crippen LogP contribution in [0.5, 0.6) is 0 Å². The van der Waals surface area contributed by atoms with Crippen LogP contribution in [0.15, 0.2) is 54.6 Å². The monoisotopic (exact) mass is 348 g/mol. The lowest BCUT2D eigenvalue weighted by Crippen LogP contribution is -2.66. The summed E-state index contributed by atoms with van der Waals surface area (Å²) in [5, 5.41) is 13.4. The fourth-order valence-electron chi connectivity index (χ4n) is 4.53. The summed E-state index contributed by atoms with van der Waals surface area (Å²) >= 11 is 0. The minimum absolute atomic E-state index is 0.216. The first kappa shape index (κ1) is 17.5. The molecule has 136 valence electrons. The Morgan fingerprint density at radius 3 is 2.65 bits per heavy atom. The molecule has 3 atom stereocenters. The van der Waals surface area contributed by atoms with Crippen LogP contribution in [0.4, 0.5) is 0 Å². The Hall–Kier alpha value is -1.94. The second-order valence-electron chi connectivity index (χ2n) is 7.54. The molecule has 4 rings (SSSR count). The van der Waals surface area contributed by atoms with Crippen molar-refractivity contribution in [3.63, 3.8) is 0 Å². The third-order valence-electron chi connectivity index (χ3n) is 6.18. The molecule has 0 aliphatic carbocycles. The van der Waals surface area contributed by atoms with Gasteiger partial charge in [0.2, 0.25) is 0 Å². The molecule has 0 bridgehead atoms. The van der Waals surface area contributed by atoms with Gasteiger partial charge in [0, 0.05) is 37.6 Å².